The number of anilines is 1. The van der Waals surface area contributed by atoms with Gasteiger partial charge in [0.25, 0.3) is 5.95 Å². The molecule has 0 aliphatic carbocycles. The predicted octanol–water partition coefficient (Wildman–Crippen LogP) is 2.36. The molecule has 22 heavy (non-hydrogen) atoms. The van der Waals surface area contributed by atoms with Crippen LogP contribution in [-0.2, 0) is 0 Å². The lowest BCUT2D eigenvalue weighted by atomic mass is 10.4. The van der Waals surface area contributed by atoms with Crippen molar-refractivity contribution in [1.29, 1.82) is 0 Å². The van der Waals surface area contributed by atoms with Gasteiger partial charge >= 0.3 is 0 Å². The van der Waals surface area contributed by atoms with Gasteiger partial charge in [0.2, 0.25) is 0 Å². The molecule has 0 aromatic carbocycles. The first-order valence-corrected chi connectivity index (χ1v) is 7.51. The average Bonchev–Trinajstić information content (AvgIpc) is 3.25. The fourth-order valence-corrected chi connectivity index (χ4v) is 3.02. The minimum atomic E-state index is 0.394. The molecule has 0 aliphatic heterocycles. The van der Waals surface area contributed by atoms with Crippen LogP contribution in [0.4, 0.5) is 5.82 Å². The Morgan fingerprint density at radius 1 is 1.32 bits per heavy atom. The van der Waals surface area contributed by atoms with E-state index in [1.165, 1.54) is 16.0 Å². The summed E-state index contributed by atoms with van der Waals surface area (Å²) < 4.78 is 2.22. The van der Waals surface area contributed by atoms with Crippen molar-refractivity contribution in [2.75, 3.05) is 12.4 Å². The SMILES string of the molecule is CNc1nc(-n2cc(-c3ccc(Cl)s3)nn2)nc2nc[nH]c12. The minimum absolute atomic E-state index is 0.394. The highest BCUT2D eigenvalue weighted by Crippen LogP contribution is 2.29. The third-order valence-electron chi connectivity index (χ3n) is 3.03. The van der Waals surface area contributed by atoms with E-state index < -0.39 is 0 Å². The zero-order valence-corrected chi connectivity index (χ0v) is 12.9. The molecule has 10 heteroatoms. The van der Waals surface area contributed by atoms with Gasteiger partial charge in [-0.3, -0.25) is 0 Å². The van der Waals surface area contributed by atoms with E-state index >= 15 is 0 Å². The lowest BCUT2D eigenvalue weighted by molar-refractivity contribution is 0.760. The van der Waals surface area contributed by atoms with E-state index in [9.17, 15) is 0 Å². The minimum Gasteiger partial charge on any atom is -0.371 e. The van der Waals surface area contributed by atoms with Crippen molar-refractivity contribution >= 4 is 39.9 Å². The van der Waals surface area contributed by atoms with Gasteiger partial charge in [-0.1, -0.05) is 16.8 Å². The van der Waals surface area contributed by atoms with Crippen LogP contribution in [0, 0.1) is 0 Å². The first-order chi connectivity index (χ1) is 10.7. The molecule has 0 amide bonds. The number of nitrogens with zero attached hydrogens (tertiary/aromatic N) is 6. The van der Waals surface area contributed by atoms with Gasteiger partial charge in [-0.25, -0.2) is 4.98 Å². The Balaban J connectivity index is 1.80. The zero-order valence-electron chi connectivity index (χ0n) is 11.3. The molecule has 2 N–H and O–H groups in total. The fourth-order valence-electron chi connectivity index (χ4n) is 2.03. The van der Waals surface area contributed by atoms with Gasteiger partial charge in [0.1, 0.15) is 11.2 Å². The molecule has 8 nitrogen and oxygen atoms in total. The van der Waals surface area contributed by atoms with E-state index in [1.807, 2.05) is 12.1 Å². The number of aromatic amines is 1. The molecule has 4 rings (SSSR count). The smallest absolute Gasteiger partial charge is 0.256 e. The van der Waals surface area contributed by atoms with Crippen molar-refractivity contribution in [3.05, 3.63) is 29.0 Å². The van der Waals surface area contributed by atoms with E-state index in [4.69, 9.17) is 11.6 Å². The Hall–Kier alpha value is -2.52. The van der Waals surface area contributed by atoms with E-state index in [0.29, 0.717) is 27.4 Å². The van der Waals surface area contributed by atoms with Crippen LogP contribution >= 0.6 is 22.9 Å². The van der Waals surface area contributed by atoms with Crippen LogP contribution < -0.4 is 5.32 Å². The van der Waals surface area contributed by atoms with Crippen molar-refractivity contribution in [2.45, 2.75) is 0 Å². The van der Waals surface area contributed by atoms with Crippen LogP contribution in [0.2, 0.25) is 4.34 Å². The number of aromatic nitrogens is 7. The highest BCUT2D eigenvalue weighted by molar-refractivity contribution is 7.19. The molecular weight excluding hydrogens is 324 g/mol. The third-order valence-corrected chi connectivity index (χ3v) is 4.29. The van der Waals surface area contributed by atoms with Gasteiger partial charge in [0.05, 0.1) is 21.7 Å². The van der Waals surface area contributed by atoms with Crippen LogP contribution in [0.25, 0.3) is 27.7 Å². The summed E-state index contributed by atoms with van der Waals surface area (Å²) in [5, 5.41) is 11.2. The van der Waals surface area contributed by atoms with Gasteiger partial charge < -0.3 is 10.3 Å². The molecule has 0 unspecified atom stereocenters. The van der Waals surface area contributed by atoms with Crippen LogP contribution in [-0.4, -0.2) is 42.0 Å². The highest BCUT2D eigenvalue weighted by atomic mass is 35.5. The first-order valence-electron chi connectivity index (χ1n) is 6.32. The fraction of sp³-hybridized carbons (Fsp3) is 0.0833. The predicted molar refractivity (Wildman–Crippen MR) is 84.5 cm³/mol. The Morgan fingerprint density at radius 3 is 3.00 bits per heavy atom. The number of hydrogen-bond donors (Lipinski definition) is 2. The second-order valence-corrected chi connectivity index (χ2v) is 6.09. The summed E-state index contributed by atoms with van der Waals surface area (Å²) in [6.45, 7) is 0. The lowest BCUT2D eigenvalue weighted by Crippen LogP contribution is -2.05. The number of fused-ring (bicyclic) bond motifs is 1. The highest BCUT2D eigenvalue weighted by Gasteiger charge is 2.13. The van der Waals surface area contributed by atoms with Gasteiger partial charge in [0.15, 0.2) is 11.5 Å². The van der Waals surface area contributed by atoms with E-state index in [1.54, 1.807) is 19.6 Å². The summed E-state index contributed by atoms with van der Waals surface area (Å²) in [4.78, 5) is 16.9. The Labute approximate surface area is 133 Å². The number of imidazole rings is 1. The van der Waals surface area contributed by atoms with Gasteiger partial charge in [-0.15, -0.1) is 16.4 Å². The topological polar surface area (TPSA) is 97.2 Å². The first kappa shape index (κ1) is 13.2. The second kappa shape index (κ2) is 5.04. The van der Waals surface area contributed by atoms with Crippen molar-refractivity contribution < 1.29 is 0 Å². The molecule has 0 atom stereocenters. The van der Waals surface area contributed by atoms with Gasteiger partial charge in [0, 0.05) is 7.05 Å². The summed E-state index contributed by atoms with van der Waals surface area (Å²) in [5.41, 5.74) is 2.02. The van der Waals surface area contributed by atoms with Gasteiger partial charge in [-0.05, 0) is 12.1 Å². The molecule has 4 aromatic rings. The van der Waals surface area contributed by atoms with E-state index in [2.05, 4.69) is 35.6 Å². The maximum Gasteiger partial charge on any atom is 0.256 e. The summed E-state index contributed by atoms with van der Waals surface area (Å²) in [7, 11) is 1.78. The van der Waals surface area contributed by atoms with Crippen molar-refractivity contribution in [3.8, 4) is 16.5 Å². The zero-order chi connectivity index (χ0) is 15.1. The lowest BCUT2D eigenvalue weighted by Gasteiger charge is -2.03. The molecule has 0 saturated carbocycles. The van der Waals surface area contributed by atoms with E-state index in [0.717, 1.165) is 10.4 Å². The molecule has 4 aromatic heterocycles. The summed E-state index contributed by atoms with van der Waals surface area (Å²) in [6, 6.07) is 3.73. The van der Waals surface area contributed by atoms with Crippen LogP contribution in [0.15, 0.2) is 24.7 Å². The molecular formula is C12H9ClN8S. The van der Waals surface area contributed by atoms with Crippen molar-refractivity contribution in [1.82, 2.24) is 34.9 Å². The monoisotopic (exact) mass is 332 g/mol. The summed E-state index contributed by atoms with van der Waals surface area (Å²) in [5.74, 6) is 1.04. The molecule has 4 heterocycles. The number of halogens is 1. The quantitative estimate of drug-likeness (QED) is 0.597. The number of hydrogen-bond acceptors (Lipinski definition) is 7. The Morgan fingerprint density at radius 2 is 2.23 bits per heavy atom. The van der Waals surface area contributed by atoms with Crippen molar-refractivity contribution in [2.24, 2.45) is 0 Å². The summed E-state index contributed by atoms with van der Waals surface area (Å²) >= 11 is 7.39. The molecule has 0 fully saturated rings. The third kappa shape index (κ3) is 2.11. The maximum absolute atomic E-state index is 5.95. The van der Waals surface area contributed by atoms with Crippen LogP contribution in [0.5, 0.6) is 0 Å². The molecule has 0 radical (unpaired) electrons. The van der Waals surface area contributed by atoms with Gasteiger partial charge in [-0.2, -0.15) is 14.6 Å². The molecule has 0 saturated heterocycles. The molecule has 0 bridgehead atoms. The number of nitrogens with one attached hydrogen (secondary N) is 2. The standard InChI is InChI=1S/C12H9ClN8S/c1-14-10-9-11(16-5-15-9)18-12(17-10)21-4-6(19-20-21)7-2-3-8(13)22-7/h2-5H,1H3,(H2,14,15,16,17,18). The van der Waals surface area contributed by atoms with E-state index in [-0.39, 0.29) is 0 Å². The molecule has 110 valence electrons. The number of thiophene rings is 1. The Bertz CT molecular complexity index is 955. The second-order valence-electron chi connectivity index (χ2n) is 4.38. The average molecular weight is 333 g/mol. The molecule has 0 aliphatic rings. The largest absolute Gasteiger partial charge is 0.371 e. The summed E-state index contributed by atoms with van der Waals surface area (Å²) in [6.07, 6.45) is 3.33. The van der Waals surface area contributed by atoms with Crippen LogP contribution in [0.1, 0.15) is 0 Å². The van der Waals surface area contributed by atoms with Crippen molar-refractivity contribution in [3.63, 3.8) is 0 Å². The number of H-pyrrole nitrogens is 1. The maximum atomic E-state index is 5.95. The Kier molecular flexibility index (Phi) is 3.01. The normalized spacial score (nSPS) is 11.2. The van der Waals surface area contributed by atoms with Crippen LogP contribution in [0.3, 0.4) is 0 Å². The molecule has 0 spiro atoms. The number of rotatable bonds is 3.